The molecule has 1 aromatic heterocycles. The third-order valence-corrected chi connectivity index (χ3v) is 6.86. The van der Waals surface area contributed by atoms with Crippen molar-refractivity contribution in [3.8, 4) is 17.0 Å². The van der Waals surface area contributed by atoms with Gasteiger partial charge in [0.25, 0.3) is 0 Å². The van der Waals surface area contributed by atoms with E-state index >= 15 is 0 Å². The minimum atomic E-state index is -2.84. The fourth-order valence-electron chi connectivity index (χ4n) is 3.85. The zero-order valence-electron chi connectivity index (χ0n) is 15.2. The molecule has 2 aromatic rings. The summed E-state index contributed by atoms with van der Waals surface area (Å²) in [5.41, 5.74) is 3.28. The first-order chi connectivity index (χ1) is 12.3. The number of aromatic nitrogens is 2. The van der Waals surface area contributed by atoms with E-state index in [0.29, 0.717) is 12.2 Å². The number of benzene rings is 1. The van der Waals surface area contributed by atoms with E-state index in [0.717, 1.165) is 36.5 Å². The number of hydrogen-bond acceptors (Lipinski definition) is 5. The highest BCUT2D eigenvalue weighted by Crippen LogP contribution is 2.37. The molecular formula is C19H25N3O3S. The van der Waals surface area contributed by atoms with E-state index in [4.69, 9.17) is 4.74 Å². The molecule has 1 aromatic carbocycles. The molecule has 2 aliphatic rings. The number of nitrogens with zero attached hydrogens (tertiary/aromatic N) is 2. The lowest BCUT2D eigenvalue weighted by molar-refractivity contribution is 0.138. The van der Waals surface area contributed by atoms with Crippen molar-refractivity contribution >= 4 is 9.84 Å². The summed E-state index contributed by atoms with van der Waals surface area (Å²) in [6, 6.07) is 6.38. The highest BCUT2D eigenvalue weighted by molar-refractivity contribution is 7.91. The smallest absolute Gasteiger partial charge is 0.151 e. The third kappa shape index (κ3) is 3.64. The van der Waals surface area contributed by atoms with Crippen molar-refractivity contribution in [1.82, 2.24) is 14.9 Å². The van der Waals surface area contributed by atoms with Gasteiger partial charge in [-0.3, -0.25) is 0 Å². The maximum Gasteiger partial charge on any atom is 0.151 e. The van der Waals surface area contributed by atoms with E-state index in [-0.39, 0.29) is 17.4 Å². The number of hydrogen-bond donors (Lipinski definition) is 1. The fraction of sp³-hybridized carbons (Fsp3) is 0.526. The van der Waals surface area contributed by atoms with Gasteiger partial charge in [-0.05, 0) is 44.0 Å². The van der Waals surface area contributed by atoms with Gasteiger partial charge >= 0.3 is 0 Å². The lowest BCUT2D eigenvalue weighted by Gasteiger charge is -2.16. The van der Waals surface area contributed by atoms with E-state index in [1.165, 1.54) is 5.56 Å². The molecule has 1 atom stereocenters. The van der Waals surface area contributed by atoms with Crippen LogP contribution in [0.1, 0.15) is 25.8 Å². The summed E-state index contributed by atoms with van der Waals surface area (Å²) in [4.78, 5) is 4.30. The second-order valence-electron chi connectivity index (χ2n) is 7.89. The Labute approximate surface area is 154 Å². The fourth-order valence-corrected chi connectivity index (χ4v) is 5.56. The zero-order valence-corrected chi connectivity index (χ0v) is 16.1. The molecule has 4 rings (SSSR count). The van der Waals surface area contributed by atoms with Gasteiger partial charge in [0, 0.05) is 31.1 Å². The van der Waals surface area contributed by atoms with Crippen LogP contribution in [0.2, 0.25) is 0 Å². The van der Waals surface area contributed by atoms with Crippen LogP contribution >= 0.6 is 0 Å². The molecule has 140 valence electrons. The summed E-state index contributed by atoms with van der Waals surface area (Å²) in [5.74, 6) is 1.52. The minimum Gasteiger partial charge on any atom is -0.487 e. The van der Waals surface area contributed by atoms with Crippen LogP contribution in [0.3, 0.4) is 0 Å². The molecule has 0 bridgehead atoms. The van der Waals surface area contributed by atoms with Crippen LogP contribution in [0.15, 0.2) is 30.7 Å². The standard InChI is InChI=1S/C19H25N3O3S/c1-19(2)10-15-9-14(3-4-18(15)25-19)17-11-20-13-22(17)7-6-21-16-5-8-26(23,24)12-16/h3-4,9,11,13,16,21H,5-8,10,12H2,1-2H3/t16-/m0/s1. The summed E-state index contributed by atoms with van der Waals surface area (Å²) < 4.78 is 31.2. The maximum atomic E-state index is 11.5. The minimum absolute atomic E-state index is 0.0753. The van der Waals surface area contributed by atoms with E-state index in [2.05, 4.69) is 40.8 Å². The number of rotatable bonds is 5. The summed E-state index contributed by atoms with van der Waals surface area (Å²) in [6.07, 6.45) is 5.32. The topological polar surface area (TPSA) is 73.2 Å². The monoisotopic (exact) mass is 375 g/mol. The molecule has 6 nitrogen and oxygen atoms in total. The van der Waals surface area contributed by atoms with Gasteiger partial charge in [-0.25, -0.2) is 13.4 Å². The molecule has 1 fully saturated rings. The number of sulfone groups is 1. The first kappa shape index (κ1) is 17.5. The first-order valence-corrected chi connectivity index (χ1v) is 10.9. The summed E-state index contributed by atoms with van der Waals surface area (Å²) in [5, 5.41) is 3.36. The van der Waals surface area contributed by atoms with Crippen LogP contribution in [0.5, 0.6) is 5.75 Å². The Morgan fingerprint density at radius 2 is 2.23 bits per heavy atom. The quantitative estimate of drug-likeness (QED) is 0.866. The van der Waals surface area contributed by atoms with Crippen LogP contribution in [-0.4, -0.2) is 47.7 Å². The van der Waals surface area contributed by atoms with Gasteiger partial charge in [0.1, 0.15) is 11.4 Å². The lowest BCUT2D eigenvalue weighted by Crippen LogP contribution is -2.32. The van der Waals surface area contributed by atoms with Crippen LogP contribution in [-0.2, 0) is 22.8 Å². The van der Waals surface area contributed by atoms with Crippen molar-refractivity contribution in [1.29, 1.82) is 0 Å². The highest BCUT2D eigenvalue weighted by atomic mass is 32.2. The summed E-state index contributed by atoms with van der Waals surface area (Å²) in [7, 11) is -2.84. The molecule has 0 radical (unpaired) electrons. The van der Waals surface area contributed by atoms with Gasteiger partial charge in [-0.2, -0.15) is 0 Å². The van der Waals surface area contributed by atoms with Crippen LogP contribution < -0.4 is 10.1 Å². The predicted molar refractivity (Wildman–Crippen MR) is 101 cm³/mol. The Hall–Kier alpha value is -1.86. The molecule has 3 heterocycles. The molecule has 2 aliphatic heterocycles. The molecule has 1 saturated heterocycles. The number of fused-ring (bicyclic) bond motifs is 1. The third-order valence-electron chi connectivity index (χ3n) is 5.09. The molecule has 0 amide bonds. The van der Waals surface area contributed by atoms with E-state index in [1.54, 1.807) is 0 Å². The largest absolute Gasteiger partial charge is 0.487 e. The second kappa shape index (κ2) is 6.39. The molecule has 0 aliphatic carbocycles. The zero-order chi connectivity index (χ0) is 18.4. The van der Waals surface area contributed by atoms with Crippen LogP contribution in [0, 0.1) is 0 Å². The Balaban J connectivity index is 1.43. The molecule has 26 heavy (non-hydrogen) atoms. The van der Waals surface area contributed by atoms with Gasteiger partial charge in [0.05, 0.1) is 29.7 Å². The van der Waals surface area contributed by atoms with Crippen molar-refractivity contribution in [2.24, 2.45) is 0 Å². The molecule has 7 heteroatoms. The average Bonchev–Trinajstić information content (AvgIpc) is 3.22. The van der Waals surface area contributed by atoms with E-state index in [1.807, 2.05) is 18.6 Å². The van der Waals surface area contributed by atoms with Crippen LogP contribution in [0.25, 0.3) is 11.3 Å². The van der Waals surface area contributed by atoms with Crippen molar-refractivity contribution in [3.63, 3.8) is 0 Å². The number of nitrogens with one attached hydrogen (secondary N) is 1. The normalized spacial score (nSPS) is 22.9. The van der Waals surface area contributed by atoms with Gasteiger partial charge in [-0.1, -0.05) is 0 Å². The molecule has 0 unspecified atom stereocenters. The number of ether oxygens (including phenoxy) is 1. The predicted octanol–water partition coefficient (Wildman–Crippen LogP) is 2.04. The van der Waals surface area contributed by atoms with Crippen LogP contribution in [0.4, 0.5) is 0 Å². The van der Waals surface area contributed by atoms with E-state index in [9.17, 15) is 8.42 Å². The Bertz CT molecular complexity index is 918. The van der Waals surface area contributed by atoms with Crippen molar-refractivity contribution in [3.05, 3.63) is 36.3 Å². The Morgan fingerprint density at radius 3 is 3.00 bits per heavy atom. The Morgan fingerprint density at radius 1 is 1.38 bits per heavy atom. The molecule has 0 spiro atoms. The average molecular weight is 375 g/mol. The van der Waals surface area contributed by atoms with Crippen molar-refractivity contribution in [2.45, 2.75) is 44.9 Å². The highest BCUT2D eigenvalue weighted by Gasteiger charge is 2.30. The molecule has 1 N–H and O–H groups in total. The van der Waals surface area contributed by atoms with Gasteiger partial charge in [-0.15, -0.1) is 0 Å². The van der Waals surface area contributed by atoms with Gasteiger partial charge in [0.2, 0.25) is 0 Å². The SMILES string of the molecule is CC1(C)Cc2cc(-c3cncn3CCN[C@H]3CCS(=O)(=O)C3)ccc2O1. The second-order valence-corrected chi connectivity index (χ2v) is 10.1. The number of imidazole rings is 1. The van der Waals surface area contributed by atoms with Gasteiger partial charge in [0.15, 0.2) is 9.84 Å². The Kier molecular flexibility index (Phi) is 4.31. The van der Waals surface area contributed by atoms with Gasteiger partial charge < -0.3 is 14.6 Å². The summed E-state index contributed by atoms with van der Waals surface area (Å²) in [6.45, 7) is 5.69. The maximum absolute atomic E-state index is 11.5. The first-order valence-electron chi connectivity index (χ1n) is 9.08. The molecular weight excluding hydrogens is 350 g/mol. The van der Waals surface area contributed by atoms with Crippen molar-refractivity contribution in [2.75, 3.05) is 18.1 Å². The van der Waals surface area contributed by atoms with Crippen molar-refractivity contribution < 1.29 is 13.2 Å². The molecule has 0 saturated carbocycles. The summed E-state index contributed by atoms with van der Waals surface area (Å²) >= 11 is 0. The lowest BCUT2D eigenvalue weighted by atomic mass is 9.99. The van der Waals surface area contributed by atoms with E-state index < -0.39 is 9.84 Å².